The van der Waals surface area contributed by atoms with Gasteiger partial charge in [0.25, 0.3) is 0 Å². The molecule has 0 aliphatic heterocycles. The SMILES string of the molecule is CC(C)(Cc1ccc(OS(C)(=O)=O)cc1)C(=O)O. The molecule has 0 saturated carbocycles. The Hall–Kier alpha value is -1.56. The molecule has 0 aliphatic rings. The average molecular weight is 272 g/mol. The van der Waals surface area contributed by atoms with Gasteiger partial charge in [-0.25, -0.2) is 0 Å². The standard InChI is InChI=1S/C12H16O5S/c1-12(2,11(13)14)8-9-4-6-10(7-5-9)17-18(3,15)16/h4-7H,8H2,1-3H3,(H,13,14). The largest absolute Gasteiger partial charge is 0.481 e. The fraction of sp³-hybridized carbons (Fsp3) is 0.417. The van der Waals surface area contributed by atoms with Gasteiger partial charge in [0.05, 0.1) is 11.7 Å². The Morgan fingerprint density at radius 2 is 1.78 bits per heavy atom. The van der Waals surface area contributed by atoms with Gasteiger partial charge >= 0.3 is 16.1 Å². The van der Waals surface area contributed by atoms with Crippen LogP contribution in [0.25, 0.3) is 0 Å². The highest BCUT2D eigenvalue weighted by Gasteiger charge is 2.27. The van der Waals surface area contributed by atoms with E-state index in [0.717, 1.165) is 11.8 Å². The summed E-state index contributed by atoms with van der Waals surface area (Å²) in [5.74, 6) is -0.659. The zero-order valence-corrected chi connectivity index (χ0v) is 11.3. The van der Waals surface area contributed by atoms with Crippen LogP contribution in [-0.4, -0.2) is 25.7 Å². The molecule has 5 nitrogen and oxygen atoms in total. The minimum Gasteiger partial charge on any atom is -0.481 e. The lowest BCUT2D eigenvalue weighted by Gasteiger charge is -2.18. The zero-order chi connectivity index (χ0) is 14.0. The quantitative estimate of drug-likeness (QED) is 0.825. The summed E-state index contributed by atoms with van der Waals surface area (Å²) >= 11 is 0. The average Bonchev–Trinajstić information content (AvgIpc) is 2.18. The maximum Gasteiger partial charge on any atom is 0.309 e. The van der Waals surface area contributed by atoms with Crippen molar-refractivity contribution in [1.82, 2.24) is 0 Å². The van der Waals surface area contributed by atoms with Crippen molar-refractivity contribution < 1.29 is 22.5 Å². The number of carbonyl (C=O) groups is 1. The lowest BCUT2D eigenvalue weighted by Crippen LogP contribution is -2.26. The zero-order valence-electron chi connectivity index (χ0n) is 10.5. The molecule has 1 N–H and O–H groups in total. The summed E-state index contributed by atoms with van der Waals surface area (Å²) in [7, 11) is -3.53. The van der Waals surface area contributed by atoms with Gasteiger partial charge in [0.15, 0.2) is 0 Å². The van der Waals surface area contributed by atoms with Crippen molar-refractivity contribution in [2.45, 2.75) is 20.3 Å². The second-order valence-corrected chi connectivity index (χ2v) is 6.37. The predicted molar refractivity (Wildman–Crippen MR) is 67.0 cm³/mol. The lowest BCUT2D eigenvalue weighted by molar-refractivity contribution is -0.146. The van der Waals surface area contributed by atoms with Crippen LogP contribution in [0.1, 0.15) is 19.4 Å². The maximum absolute atomic E-state index is 11.0. The van der Waals surface area contributed by atoms with Crippen molar-refractivity contribution in [1.29, 1.82) is 0 Å². The van der Waals surface area contributed by atoms with E-state index in [0.29, 0.717) is 6.42 Å². The van der Waals surface area contributed by atoms with Crippen molar-refractivity contribution in [3.63, 3.8) is 0 Å². The molecule has 0 amide bonds. The third-order valence-electron chi connectivity index (χ3n) is 2.40. The molecular formula is C12H16O5S. The Bertz CT molecular complexity index is 528. The normalized spacial score (nSPS) is 12.2. The molecule has 0 aromatic heterocycles. The molecule has 0 heterocycles. The summed E-state index contributed by atoms with van der Waals surface area (Å²) in [4.78, 5) is 11.0. The van der Waals surface area contributed by atoms with Gasteiger partial charge in [0, 0.05) is 0 Å². The molecule has 1 rings (SSSR count). The first-order chi connectivity index (χ1) is 8.10. The Kier molecular flexibility index (Phi) is 4.01. The molecule has 1 aromatic rings. The Morgan fingerprint density at radius 1 is 1.28 bits per heavy atom. The monoisotopic (exact) mass is 272 g/mol. The van der Waals surface area contributed by atoms with Crippen LogP contribution in [0, 0.1) is 5.41 Å². The molecule has 0 aliphatic carbocycles. The molecule has 100 valence electrons. The molecule has 1 aromatic carbocycles. The Labute approximate surface area is 107 Å². The summed E-state index contributed by atoms with van der Waals surface area (Å²) in [6.45, 7) is 3.27. The van der Waals surface area contributed by atoms with Crippen molar-refractivity contribution in [3.8, 4) is 5.75 Å². The van der Waals surface area contributed by atoms with Gasteiger partial charge in [-0.2, -0.15) is 8.42 Å². The minimum atomic E-state index is -3.53. The van der Waals surface area contributed by atoms with Gasteiger partial charge in [-0.1, -0.05) is 12.1 Å². The summed E-state index contributed by atoms with van der Waals surface area (Å²) in [5.41, 5.74) is -0.0533. The molecule has 0 bridgehead atoms. The van der Waals surface area contributed by atoms with Crippen LogP contribution in [-0.2, 0) is 21.3 Å². The van der Waals surface area contributed by atoms with Gasteiger partial charge in [0.1, 0.15) is 5.75 Å². The van der Waals surface area contributed by atoms with Crippen LogP contribution >= 0.6 is 0 Å². The summed E-state index contributed by atoms with van der Waals surface area (Å²) in [6.07, 6.45) is 1.33. The van der Waals surface area contributed by atoms with E-state index in [1.54, 1.807) is 26.0 Å². The van der Waals surface area contributed by atoms with E-state index in [-0.39, 0.29) is 5.75 Å². The number of hydrogen-bond acceptors (Lipinski definition) is 4. The van der Waals surface area contributed by atoms with Gasteiger partial charge in [-0.15, -0.1) is 0 Å². The van der Waals surface area contributed by atoms with Crippen LogP contribution in [0.3, 0.4) is 0 Å². The van der Waals surface area contributed by atoms with Crippen LogP contribution < -0.4 is 4.18 Å². The molecule has 18 heavy (non-hydrogen) atoms. The number of benzene rings is 1. The van der Waals surface area contributed by atoms with E-state index in [9.17, 15) is 13.2 Å². The fourth-order valence-electron chi connectivity index (χ4n) is 1.42. The summed E-state index contributed by atoms with van der Waals surface area (Å²) in [5, 5.41) is 9.01. The van der Waals surface area contributed by atoms with Crippen molar-refractivity contribution in [2.24, 2.45) is 5.41 Å². The number of hydrogen-bond donors (Lipinski definition) is 1. The first-order valence-corrected chi connectivity index (χ1v) is 7.14. The predicted octanol–water partition coefficient (Wildman–Crippen LogP) is 1.68. The van der Waals surface area contributed by atoms with E-state index in [2.05, 4.69) is 0 Å². The van der Waals surface area contributed by atoms with E-state index in [4.69, 9.17) is 9.29 Å². The molecule has 0 fully saturated rings. The molecule has 0 spiro atoms. The number of carboxylic acids is 1. The highest BCUT2D eigenvalue weighted by atomic mass is 32.2. The fourth-order valence-corrected chi connectivity index (χ4v) is 1.88. The van der Waals surface area contributed by atoms with Gasteiger partial charge in [-0.05, 0) is 38.0 Å². The first-order valence-electron chi connectivity index (χ1n) is 5.32. The second kappa shape index (κ2) is 4.97. The second-order valence-electron chi connectivity index (χ2n) is 4.80. The highest BCUT2D eigenvalue weighted by molar-refractivity contribution is 7.86. The van der Waals surface area contributed by atoms with Gasteiger partial charge in [0.2, 0.25) is 0 Å². The molecule has 0 radical (unpaired) electrons. The molecule has 0 unspecified atom stereocenters. The van der Waals surface area contributed by atoms with E-state index < -0.39 is 21.5 Å². The van der Waals surface area contributed by atoms with E-state index in [1.165, 1.54) is 12.1 Å². The third kappa shape index (κ3) is 4.37. The van der Waals surface area contributed by atoms with Gasteiger partial charge < -0.3 is 9.29 Å². The summed E-state index contributed by atoms with van der Waals surface area (Å²) < 4.78 is 26.5. The molecule has 6 heteroatoms. The number of aliphatic carboxylic acids is 1. The molecule has 0 atom stereocenters. The van der Waals surface area contributed by atoms with Gasteiger partial charge in [-0.3, -0.25) is 4.79 Å². The van der Waals surface area contributed by atoms with Crippen molar-refractivity contribution in [2.75, 3.05) is 6.26 Å². The van der Waals surface area contributed by atoms with Crippen LogP contribution in [0.15, 0.2) is 24.3 Å². The van der Waals surface area contributed by atoms with E-state index >= 15 is 0 Å². The topological polar surface area (TPSA) is 80.7 Å². The molecule has 0 saturated heterocycles. The highest BCUT2D eigenvalue weighted by Crippen LogP contribution is 2.23. The maximum atomic E-state index is 11.0. The Balaban J connectivity index is 2.81. The first kappa shape index (κ1) is 14.5. The number of rotatable bonds is 5. The van der Waals surface area contributed by atoms with Crippen LogP contribution in [0.2, 0.25) is 0 Å². The number of carboxylic acid groups (broad SMARTS) is 1. The van der Waals surface area contributed by atoms with Crippen LogP contribution in [0.4, 0.5) is 0 Å². The summed E-state index contributed by atoms with van der Waals surface area (Å²) in [6, 6.07) is 6.33. The van der Waals surface area contributed by atoms with Crippen molar-refractivity contribution in [3.05, 3.63) is 29.8 Å². The van der Waals surface area contributed by atoms with Crippen molar-refractivity contribution >= 4 is 16.1 Å². The third-order valence-corrected chi connectivity index (χ3v) is 2.89. The lowest BCUT2D eigenvalue weighted by atomic mass is 9.86. The molecular weight excluding hydrogens is 256 g/mol. The van der Waals surface area contributed by atoms with Crippen LogP contribution in [0.5, 0.6) is 5.75 Å². The Morgan fingerprint density at radius 3 is 2.17 bits per heavy atom. The smallest absolute Gasteiger partial charge is 0.309 e. The van der Waals surface area contributed by atoms with E-state index in [1.807, 2.05) is 0 Å². The minimum absolute atomic E-state index is 0.217.